The zero-order valence-corrected chi connectivity index (χ0v) is 12.7. The molecule has 0 radical (unpaired) electrons. The summed E-state index contributed by atoms with van der Waals surface area (Å²) in [4.78, 5) is 18.4. The molecule has 1 aliphatic heterocycles. The summed E-state index contributed by atoms with van der Waals surface area (Å²) >= 11 is 1.38. The Bertz CT molecular complexity index is 676. The van der Waals surface area contributed by atoms with Crippen LogP contribution in [0.4, 0.5) is 4.39 Å². The fourth-order valence-electron chi connectivity index (χ4n) is 2.41. The molecule has 2 heterocycles. The van der Waals surface area contributed by atoms with E-state index in [1.807, 2.05) is 0 Å². The maximum Gasteiger partial charge on any atom is 0.273 e. The number of carbonyl (C=O) groups excluding carboxylic acids is 1. The molecule has 1 aromatic heterocycles. The van der Waals surface area contributed by atoms with Gasteiger partial charge in [0.2, 0.25) is 0 Å². The van der Waals surface area contributed by atoms with E-state index in [0.717, 1.165) is 10.6 Å². The topological polar surface area (TPSA) is 68.5 Å². The van der Waals surface area contributed by atoms with Crippen LogP contribution in [0.3, 0.4) is 0 Å². The van der Waals surface area contributed by atoms with Crippen molar-refractivity contribution in [1.82, 2.24) is 9.88 Å². The Balaban J connectivity index is 1.73. The minimum Gasteiger partial charge on any atom is -0.370 e. The van der Waals surface area contributed by atoms with Crippen molar-refractivity contribution in [2.75, 3.05) is 19.7 Å². The van der Waals surface area contributed by atoms with Crippen molar-refractivity contribution in [2.24, 2.45) is 5.73 Å². The van der Waals surface area contributed by atoms with E-state index in [2.05, 4.69) is 4.98 Å². The molecule has 1 fully saturated rings. The number of carbonyl (C=O) groups is 1. The fraction of sp³-hybridized carbons (Fsp3) is 0.333. The zero-order chi connectivity index (χ0) is 15.5. The van der Waals surface area contributed by atoms with E-state index in [-0.39, 0.29) is 17.8 Å². The molecule has 1 aliphatic rings. The number of nitrogens with two attached hydrogens (primary N) is 1. The van der Waals surface area contributed by atoms with Crippen LogP contribution in [0.5, 0.6) is 0 Å². The van der Waals surface area contributed by atoms with Crippen molar-refractivity contribution in [1.29, 1.82) is 0 Å². The number of amides is 1. The van der Waals surface area contributed by atoms with Gasteiger partial charge in [-0.15, -0.1) is 11.3 Å². The first kappa shape index (κ1) is 15.1. The number of aromatic nitrogens is 1. The number of benzene rings is 1. The highest BCUT2D eigenvalue weighted by atomic mass is 32.1. The van der Waals surface area contributed by atoms with Gasteiger partial charge in [0.15, 0.2) is 0 Å². The summed E-state index contributed by atoms with van der Waals surface area (Å²) in [5.74, 6) is -0.447. The number of thiazole rings is 1. The van der Waals surface area contributed by atoms with Crippen LogP contribution in [-0.2, 0) is 11.3 Å². The molecule has 0 bridgehead atoms. The summed E-state index contributed by atoms with van der Waals surface area (Å²) < 4.78 is 19.0. The van der Waals surface area contributed by atoms with E-state index < -0.39 is 0 Å². The number of rotatable bonds is 3. The number of morpholine rings is 1. The van der Waals surface area contributed by atoms with Gasteiger partial charge in [-0.05, 0) is 17.7 Å². The lowest BCUT2D eigenvalue weighted by atomic mass is 10.1. The molecule has 0 spiro atoms. The minimum atomic E-state index is -0.319. The molecule has 2 N–H and O–H groups in total. The highest BCUT2D eigenvalue weighted by Gasteiger charge is 2.27. The molecular weight excluding hydrogens is 305 g/mol. The highest BCUT2D eigenvalue weighted by Crippen LogP contribution is 2.24. The third-order valence-electron chi connectivity index (χ3n) is 3.52. The Hall–Kier alpha value is -1.83. The monoisotopic (exact) mass is 321 g/mol. The van der Waals surface area contributed by atoms with Crippen LogP contribution in [0.25, 0.3) is 0 Å². The molecule has 7 heteroatoms. The Morgan fingerprint density at radius 2 is 2.41 bits per heavy atom. The summed E-state index contributed by atoms with van der Waals surface area (Å²) in [5, 5.41) is 2.45. The van der Waals surface area contributed by atoms with Crippen LogP contribution in [-0.4, -0.2) is 35.5 Å². The maximum atomic E-state index is 13.3. The molecule has 2 aromatic rings. The first-order valence-corrected chi connectivity index (χ1v) is 7.86. The predicted molar refractivity (Wildman–Crippen MR) is 81.0 cm³/mol. The van der Waals surface area contributed by atoms with E-state index in [4.69, 9.17) is 10.5 Å². The van der Waals surface area contributed by atoms with Gasteiger partial charge in [0.1, 0.15) is 22.6 Å². The molecule has 3 rings (SSSR count). The molecular formula is C15H16FN3O2S. The lowest BCUT2D eigenvalue weighted by Gasteiger charge is -2.32. The average Bonchev–Trinajstić information content (AvgIpc) is 3.03. The maximum absolute atomic E-state index is 13.3. The summed E-state index contributed by atoms with van der Waals surface area (Å²) in [6.45, 7) is 1.63. The lowest BCUT2D eigenvalue weighted by molar-refractivity contribution is -0.0231. The normalized spacial score (nSPS) is 18.5. The Kier molecular flexibility index (Phi) is 4.47. The van der Waals surface area contributed by atoms with E-state index in [1.165, 1.54) is 23.5 Å². The van der Waals surface area contributed by atoms with Gasteiger partial charge in [-0.3, -0.25) is 4.79 Å². The minimum absolute atomic E-state index is 0.138. The van der Waals surface area contributed by atoms with Gasteiger partial charge in [-0.25, -0.2) is 9.37 Å². The Labute approximate surface area is 131 Å². The van der Waals surface area contributed by atoms with Gasteiger partial charge in [0, 0.05) is 18.5 Å². The van der Waals surface area contributed by atoms with Crippen LogP contribution >= 0.6 is 11.3 Å². The lowest BCUT2D eigenvalue weighted by Crippen LogP contribution is -2.42. The van der Waals surface area contributed by atoms with E-state index in [1.54, 1.807) is 22.4 Å². The number of halogens is 1. The molecule has 0 saturated carbocycles. The zero-order valence-electron chi connectivity index (χ0n) is 11.9. The third kappa shape index (κ3) is 3.16. The van der Waals surface area contributed by atoms with Crippen LogP contribution in [0, 0.1) is 5.82 Å². The smallest absolute Gasteiger partial charge is 0.273 e. The summed E-state index contributed by atoms with van der Waals surface area (Å²) in [7, 11) is 0. The first-order valence-electron chi connectivity index (χ1n) is 6.98. The predicted octanol–water partition coefficient (Wildman–Crippen LogP) is 1.95. The van der Waals surface area contributed by atoms with E-state index >= 15 is 0 Å². The Morgan fingerprint density at radius 1 is 1.55 bits per heavy atom. The Morgan fingerprint density at radius 3 is 3.14 bits per heavy atom. The van der Waals surface area contributed by atoms with Crippen molar-refractivity contribution in [3.8, 4) is 0 Å². The van der Waals surface area contributed by atoms with Crippen LogP contribution in [0.15, 0.2) is 29.6 Å². The molecule has 1 atom stereocenters. The largest absolute Gasteiger partial charge is 0.370 e. The van der Waals surface area contributed by atoms with E-state index in [0.29, 0.717) is 31.9 Å². The molecule has 5 nitrogen and oxygen atoms in total. The van der Waals surface area contributed by atoms with Crippen LogP contribution in [0.2, 0.25) is 0 Å². The molecule has 0 aliphatic carbocycles. The van der Waals surface area contributed by atoms with Crippen LogP contribution < -0.4 is 5.73 Å². The van der Waals surface area contributed by atoms with Crippen molar-refractivity contribution >= 4 is 17.2 Å². The molecule has 1 unspecified atom stereocenters. The number of hydrogen-bond acceptors (Lipinski definition) is 5. The van der Waals surface area contributed by atoms with Gasteiger partial charge in [-0.1, -0.05) is 12.1 Å². The molecule has 1 aromatic carbocycles. The molecule has 1 amide bonds. The van der Waals surface area contributed by atoms with Crippen LogP contribution in [0.1, 0.15) is 27.2 Å². The van der Waals surface area contributed by atoms with Gasteiger partial charge in [-0.2, -0.15) is 0 Å². The summed E-state index contributed by atoms with van der Waals surface area (Å²) in [5.41, 5.74) is 6.66. The highest BCUT2D eigenvalue weighted by molar-refractivity contribution is 7.09. The third-order valence-corrected chi connectivity index (χ3v) is 4.39. The average molecular weight is 321 g/mol. The molecule has 22 heavy (non-hydrogen) atoms. The number of hydrogen-bond donors (Lipinski definition) is 1. The summed E-state index contributed by atoms with van der Waals surface area (Å²) in [6.07, 6.45) is -0.319. The first-order chi connectivity index (χ1) is 10.7. The summed E-state index contributed by atoms with van der Waals surface area (Å²) in [6, 6.07) is 6.27. The van der Waals surface area contributed by atoms with Gasteiger partial charge >= 0.3 is 0 Å². The standard InChI is InChI=1S/C15H16FN3O2S/c16-11-3-1-2-10(6-11)13-8-19(4-5-21-13)15(20)12-9-22-14(7-17)18-12/h1-3,6,9,13H,4-5,7-8,17H2. The number of nitrogens with zero attached hydrogens (tertiary/aromatic N) is 2. The van der Waals surface area contributed by atoms with E-state index in [9.17, 15) is 9.18 Å². The SMILES string of the molecule is NCc1nc(C(=O)N2CCOC(c3cccc(F)c3)C2)cs1. The fourth-order valence-corrected chi connectivity index (χ4v) is 3.06. The van der Waals surface area contributed by atoms with Crippen molar-refractivity contribution in [3.63, 3.8) is 0 Å². The van der Waals surface area contributed by atoms with Gasteiger partial charge < -0.3 is 15.4 Å². The number of ether oxygens (including phenoxy) is 1. The van der Waals surface area contributed by atoms with Crippen molar-refractivity contribution in [3.05, 3.63) is 51.7 Å². The second-order valence-electron chi connectivity index (χ2n) is 5.00. The van der Waals surface area contributed by atoms with Crippen molar-refractivity contribution in [2.45, 2.75) is 12.6 Å². The van der Waals surface area contributed by atoms with Crippen molar-refractivity contribution < 1.29 is 13.9 Å². The molecule has 116 valence electrons. The second kappa shape index (κ2) is 6.51. The quantitative estimate of drug-likeness (QED) is 0.938. The second-order valence-corrected chi connectivity index (χ2v) is 5.94. The van der Waals surface area contributed by atoms with Gasteiger partial charge in [0.05, 0.1) is 13.2 Å². The molecule has 1 saturated heterocycles. The van der Waals surface area contributed by atoms with Gasteiger partial charge in [0.25, 0.3) is 5.91 Å².